The Morgan fingerprint density at radius 1 is 0.839 bits per heavy atom. The van der Waals surface area contributed by atoms with Gasteiger partial charge in [0.15, 0.2) is 0 Å². The van der Waals surface area contributed by atoms with Gasteiger partial charge >= 0.3 is 0 Å². The second-order valence-corrected chi connectivity index (χ2v) is 8.75. The van der Waals surface area contributed by atoms with E-state index >= 15 is 0 Å². The molecule has 0 aromatic heterocycles. The number of likely N-dealkylation sites (tertiary alicyclic amines) is 1. The highest BCUT2D eigenvalue weighted by molar-refractivity contribution is 6.45. The van der Waals surface area contributed by atoms with Crippen LogP contribution < -0.4 is 9.64 Å². The third-order valence-electron chi connectivity index (χ3n) is 5.71. The zero-order chi connectivity index (χ0) is 22.1. The Bertz CT molecular complexity index is 1010. The molecule has 2 aliphatic rings. The van der Waals surface area contributed by atoms with Gasteiger partial charge in [-0.15, -0.1) is 0 Å². The van der Waals surface area contributed by atoms with Gasteiger partial charge in [0.25, 0.3) is 11.8 Å². The number of anilines is 1. The van der Waals surface area contributed by atoms with Gasteiger partial charge in [-0.1, -0.05) is 18.2 Å². The van der Waals surface area contributed by atoms with Crippen LogP contribution in [-0.4, -0.2) is 35.9 Å². The molecule has 2 aromatic carbocycles. The van der Waals surface area contributed by atoms with E-state index in [-0.39, 0.29) is 17.9 Å². The van der Waals surface area contributed by atoms with Crippen molar-refractivity contribution in [2.24, 2.45) is 0 Å². The van der Waals surface area contributed by atoms with E-state index in [4.69, 9.17) is 4.74 Å². The van der Waals surface area contributed by atoms with Crippen molar-refractivity contribution in [1.82, 2.24) is 4.90 Å². The number of imide groups is 1. The quantitative estimate of drug-likeness (QED) is 0.651. The predicted octanol–water partition coefficient (Wildman–Crippen LogP) is 4.86. The smallest absolute Gasteiger partial charge is 0.282 e. The molecule has 2 aromatic rings. The second kappa shape index (κ2) is 8.58. The number of hydrogen-bond acceptors (Lipinski definition) is 4. The highest BCUT2D eigenvalue weighted by Gasteiger charge is 2.42. The van der Waals surface area contributed by atoms with Crippen LogP contribution in [-0.2, 0) is 9.59 Å². The minimum Gasteiger partial charge on any atom is -0.491 e. The van der Waals surface area contributed by atoms with E-state index in [1.54, 1.807) is 0 Å². The molecule has 1 saturated heterocycles. The molecule has 0 N–H and O–H groups in total. The van der Waals surface area contributed by atoms with Gasteiger partial charge in [0.05, 0.1) is 17.4 Å². The van der Waals surface area contributed by atoms with Crippen molar-refractivity contribution in [1.29, 1.82) is 0 Å². The number of nitrogens with zero attached hydrogens (tertiary/aromatic N) is 2. The van der Waals surface area contributed by atoms with Crippen LogP contribution in [0.1, 0.15) is 49.8 Å². The summed E-state index contributed by atoms with van der Waals surface area (Å²) in [4.78, 5) is 30.7. The number of carbonyl (C=O) groups excluding carboxylic acids is 2. The molecule has 0 unspecified atom stereocenters. The summed E-state index contributed by atoms with van der Waals surface area (Å²) in [6.45, 7) is 9.52. The molecule has 2 aliphatic heterocycles. The molecule has 0 bridgehead atoms. The zero-order valence-corrected chi connectivity index (χ0v) is 18.8. The Hall–Kier alpha value is -3.08. The zero-order valence-electron chi connectivity index (χ0n) is 18.8. The molecule has 5 nitrogen and oxygen atoms in total. The number of ether oxygens (including phenoxy) is 1. The Labute approximate surface area is 184 Å². The molecule has 0 spiro atoms. The molecule has 2 heterocycles. The molecule has 0 aliphatic carbocycles. The maximum atomic E-state index is 13.6. The summed E-state index contributed by atoms with van der Waals surface area (Å²) < 4.78 is 5.75. The van der Waals surface area contributed by atoms with Crippen molar-refractivity contribution in [3.63, 3.8) is 0 Å². The number of hydrogen-bond donors (Lipinski definition) is 0. The fourth-order valence-electron chi connectivity index (χ4n) is 4.48. The number of piperidine rings is 1. The molecule has 5 heteroatoms. The summed E-state index contributed by atoms with van der Waals surface area (Å²) in [6, 6.07) is 13.3. The Morgan fingerprint density at radius 2 is 1.45 bits per heavy atom. The van der Waals surface area contributed by atoms with E-state index < -0.39 is 0 Å². The minimum absolute atomic E-state index is 0.0729. The van der Waals surface area contributed by atoms with Crippen LogP contribution >= 0.6 is 0 Å². The third kappa shape index (κ3) is 4.22. The van der Waals surface area contributed by atoms with E-state index in [0.29, 0.717) is 17.0 Å². The first-order valence-corrected chi connectivity index (χ1v) is 11.1. The van der Waals surface area contributed by atoms with Crippen molar-refractivity contribution >= 4 is 23.1 Å². The molecule has 4 rings (SSSR count). The fraction of sp³-hybridized carbons (Fsp3) is 0.385. The van der Waals surface area contributed by atoms with E-state index in [0.717, 1.165) is 54.8 Å². The minimum atomic E-state index is -0.256. The van der Waals surface area contributed by atoms with E-state index in [1.807, 2.05) is 70.2 Å². The number of benzene rings is 2. The topological polar surface area (TPSA) is 49.9 Å². The number of amides is 2. The van der Waals surface area contributed by atoms with E-state index in [9.17, 15) is 9.59 Å². The molecule has 0 radical (unpaired) electrons. The van der Waals surface area contributed by atoms with Crippen LogP contribution in [0.25, 0.3) is 5.57 Å². The molecule has 0 atom stereocenters. The van der Waals surface area contributed by atoms with Gasteiger partial charge in [-0.3, -0.25) is 9.59 Å². The lowest BCUT2D eigenvalue weighted by atomic mass is 10.0. The number of rotatable bonds is 5. The molecule has 2 amide bonds. The number of aryl methyl sites for hydroxylation is 2. The fourth-order valence-corrected chi connectivity index (χ4v) is 4.48. The SMILES string of the molecule is Cc1cc(C)cc(N2C(=O)C(c3ccc(OC(C)C)cc3)=C(N3CCCCC3)C2=O)c1. The summed E-state index contributed by atoms with van der Waals surface area (Å²) >= 11 is 0. The largest absolute Gasteiger partial charge is 0.491 e. The Balaban J connectivity index is 1.78. The van der Waals surface area contributed by atoms with Crippen LogP contribution in [0, 0.1) is 13.8 Å². The van der Waals surface area contributed by atoms with Crippen LogP contribution in [0.3, 0.4) is 0 Å². The van der Waals surface area contributed by atoms with Crippen molar-refractivity contribution in [3.8, 4) is 5.75 Å². The summed E-state index contributed by atoms with van der Waals surface area (Å²) in [6.07, 6.45) is 3.29. The van der Waals surface area contributed by atoms with Gasteiger partial charge in [0, 0.05) is 13.1 Å². The first-order valence-electron chi connectivity index (χ1n) is 11.1. The predicted molar refractivity (Wildman–Crippen MR) is 123 cm³/mol. The molecule has 162 valence electrons. The average Bonchev–Trinajstić information content (AvgIpc) is 2.98. The van der Waals surface area contributed by atoms with Crippen LogP contribution in [0.4, 0.5) is 5.69 Å². The van der Waals surface area contributed by atoms with Crippen LogP contribution in [0.15, 0.2) is 48.2 Å². The van der Waals surface area contributed by atoms with Gasteiger partial charge in [0.2, 0.25) is 0 Å². The van der Waals surface area contributed by atoms with Crippen molar-refractivity contribution in [2.45, 2.75) is 53.1 Å². The monoisotopic (exact) mass is 418 g/mol. The first-order chi connectivity index (χ1) is 14.8. The third-order valence-corrected chi connectivity index (χ3v) is 5.71. The molecule has 31 heavy (non-hydrogen) atoms. The highest BCUT2D eigenvalue weighted by atomic mass is 16.5. The van der Waals surface area contributed by atoms with E-state index in [1.165, 1.54) is 4.90 Å². The maximum Gasteiger partial charge on any atom is 0.282 e. The summed E-state index contributed by atoms with van der Waals surface area (Å²) in [5.41, 5.74) is 4.46. The van der Waals surface area contributed by atoms with Gasteiger partial charge in [-0.2, -0.15) is 0 Å². The lowest BCUT2D eigenvalue weighted by molar-refractivity contribution is -0.120. The van der Waals surface area contributed by atoms with Crippen LogP contribution in [0.2, 0.25) is 0 Å². The lowest BCUT2D eigenvalue weighted by Gasteiger charge is -2.29. The van der Waals surface area contributed by atoms with Gasteiger partial charge in [0.1, 0.15) is 11.4 Å². The van der Waals surface area contributed by atoms with Crippen LogP contribution in [0.5, 0.6) is 5.75 Å². The van der Waals surface area contributed by atoms with Gasteiger partial charge in [-0.25, -0.2) is 4.90 Å². The van der Waals surface area contributed by atoms with Crippen molar-refractivity contribution in [3.05, 3.63) is 64.9 Å². The Morgan fingerprint density at radius 3 is 2.03 bits per heavy atom. The average molecular weight is 419 g/mol. The van der Waals surface area contributed by atoms with Gasteiger partial charge in [-0.05, 0) is 87.9 Å². The summed E-state index contributed by atoms with van der Waals surface area (Å²) in [7, 11) is 0. The maximum absolute atomic E-state index is 13.6. The standard InChI is InChI=1S/C26H30N2O3/c1-17(2)31-22-10-8-20(9-11-22)23-24(27-12-6-5-7-13-27)26(30)28(25(23)29)21-15-18(3)14-19(4)16-21/h8-11,14-17H,5-7,12-13H2,1-4H3. The second-order valence-electron chi connectivity index (χ2n) is 8.75. The highest BCUT2D eigenvalue weighted by Crippen LogP contribution is 2.37. The first kappa shape index (κ1) is 21.2. The van der Waals surface area contributed by atoms with Crippen molar-refractivity contribution in [2.75, 3.05) is 18.0 Å². The normalized spacial score (nSPS) is 17.2. The van der Waals surface area contributed by atoms with Crippen molar-refractivity contribution < 1.29 is 14.3 Å². The molecule has 1 fully saturated rings. The molecule has 0 saturated carbocycles. The molecular weight excluding hydrogens is 388 g/mol. The summed E-state index contributed by atoms with van der Waals surface area (Å²) in [5, 5.41) is 0. The van der Waals surface area contributed by atoms with E-state index in [2.05, 4.69) is 4.90 Å². The van der Waals surface area contributed by atoms with Gasteiger partial charge < -0.3 is 9.64 Å². The summed E-state index contributed by atoms with van der Waals surface area (Å²) in [5.74, 6) is 0.268. The lowest BCUT2D eigenvalue weighted by Crippen LogP contribution is -2.37. The molecular formula is C26H30N2O3. The Kier molecular flexibility index (Phi) is 5.86. The number of carbonyl (C=O) groups is 2.